The van der Waals surface area contributed by atoms with E-state index in [1.807, 2.05) is 0 Å². The molecule has 0 saturated carbocycles. The SMILES string of the molecule is CC(=O)OC[C@H]1C[C@H](O)[C@H](O)C(O)O1. The van der Waals surface area contributed by atoms with E-state index in [0.717, 1.165) is 0 Å². The minimum atomic E-state index is -1.43. The van der Waals surface area contributed by atoms with Crippen LogP contribution < -0.4 is 0 Å². The predicted octanol–water partition coefficient (Wildman–Crippen LogP) is -1.62. The fraction of sp³-hybridized carbons (Fsp3) is 0.875. The molecule has 0 aromatic carbocycles. The van der Waals surface area contributed by atoms with Crippen LogP contribution >= 0.6 is 0 Å². The second-order valence-electron chi connectivity index (χ2n) is 3.24. The fourth-order valence-corrected chi connectivity index (χ4v) is 1.25. The molecule has 3 N–H and O–H groups in total. The Morgan fingerprint density at radius 1 is 1.50 bits per heavy atom. The van der Waals surface area contributed by atoms with Crippen molar-refractivity contribution in [1.29, 1.82) is 0 Å². The third kappa shape index (κ3) is 2.91. The molecule has 4 atom stereocenters. The van der Waals surface area contributed by atoms with Gasteiger partial charge in [-0.2, -0.15) is 0 Å². The summed E-state index contributed by atoms with van der Waals surface area (Å²) in [6.07, 6.45) is -4.24. The molecular formula is C8H14O6. The Morgan fingerprint density at radius 3 is 2.64 bits per heavy atom. The maximum atomic E-state index is 10.5. The zero-order valence-corrected chi connectivity index (χ0v) is 7.79. The van der Waals surface area contributed by atoms with Crippen LogP contribution in [0.25, 0.3) is 0 Å². The van der Waals surface area contributed by atoms with Crippen molar-refractivity contribution in [1.82, 2.24) is 0 Å². The molecule has 1 aliphatic heterocycles. The molecule has 6 heteroatoms. The zero-order chi connectivity index (χ0) is 10.7. The minimum absolute atomic E-state index is 0.0316. The van der Waals surface area contributed by atoms with Gasteiger partial charge in [0.05, 0.1) is 12.2 Å². The van der Waals surface area contributed by atoms with E-state index in [4.69, 9.17) is 14.9 Å². The maximum Gasteiger partial charge on any atom is 0.302 e. The monoisotopic (exact) mass is 206 g/mol. The zero-order valence-electron chi connectivity index (χ0n) is 7.79. The van der Waals surface area contributed by atoms with Gasteiger partial charge in [-0.3, -0.25) is 4.79 Å². The molecule has 0 aliphatic carbocycles. The van der Waals surface area contributed by atoms with E-state index in [2.05, 4.69) is 4.74 Å². The lowest BCUT2D eigenvalue weighted by Crippen LogP contribution is -2.49. The Hall–Kier alpha value is -0.690. The summed E-state index contributed by atoms with van der Waals surface area (Å²) in [4.78, 5) is 10.5. The number of aliphatic hydroxyl groups excluding tert-OH is 3. The number of aliphatic hydroxyl groups is 3. The van der Waals surface area contributed by atoms with E-state index in [-0.39, 0.29) is 13.0 Å². The van der Waals surface area contributed by atoms with Crippen molar-refractivity contribution in [2.45, 2.75) is 37.9 Å². The summed E-state index contributed by atoms with van der Waals surface area (Å²) in [5, 5.41) is 27.5. The summed E-state index contributed by atoms with van der Waals surface area (Å²) >= 11 is 0. The molecule has 0 aromatic heterocycles. The van der Waals surface area contributed by atoms with Crippen LogP contribution in [0, 0.1) is 0 Å². The molecule has 14 heavy (non-hydrogen) atoms. The second-order valence-corrected chi connectivity index (χ2v) is 3.24. The molecule has 1 heterocycles. The quantitative estimate of drug-likeness (QED) is 0.470. The molecule has 1 unspecified atom stereocenters. The molecule has 0 aromatic rings. The number of esters is 1. The summed E-state index contributed by atoms with van der Waals surface area (Å²) < 4.78 is 9.53. The van der Waals surface area contributed by atoms with Crippen LogP contribution in [-0.4, -0.2) is 52.5 Å². The van der Waals surface area contributed by atoms with E-state index in [1.165, 1.54) is 6.92 Å². The standard InChI is InChI=1S/C8H14O6/c1-4(9)13-3-5-2-6(10)7(11)8(12)14-5/h5-8,10-12H,2-3H2,1H3/t5-,6+,7+,8?/m1/s1. The number of carbonyl (C=O) groups is 1. The molecule has 1 rings (SSSR count). The molecule has 1 aliphatic rings. The predicted molar refractivity (Wildman–Crippen MR) is 44.1 cm³/mol. The first-order chi connectivity index (χ1) is 6.50. The van der Waals surface area contributed by atoms with Crippen molar-refractivity contribution in [2.75, 3.05) is 6.61 Å². The summed E-state index contributed by atoms with van der Waals surface area (Å²) in [6.45, 7) is 1.22. The highest BCUT2D eigenvalue weighted by atomic mass is 16.6. The Labute approximate surface area is 81.1 Å². The van der Waals surface area contributed by atoms with Gasteiger partial charge in [-0.1, -0.05) is 0 Å². The first-order valence-corrected chi connectivity index (χ1v) is 4.33. The lowest BCUT2D eigenvalue weighted by Gasteiger charge is -2.33. The minimum Gasteiger partial charge on any atom is -0.463 e. The van der Waals surface area contributed by atoms with Crippen LogP contribution in [0.5, 0.6) is 0 Å². The van der Waals surface area contributed by atoms with Crippen molar-refractivity contribution in [2.24, 2.45) is 0 Å². The fourth-order valence-electron chi connectivity index (χ4n) is 1.25. The Bertz CT molecular complexity index is 194. The maximum absolute atomic E-state index is 10.5. The number of hydrogen-bond acceptors (Lipinski definition) is 6. The smallest absolute Gasteiger partial charge is 0.302 e. The van der Waals surface area contributed by atoms with E-state index < -0.39 is 30.6 Å². The first-order valence-electron chi connectivity index (χ1n) is 4.33. The lowest BCUT2D eigenvalue weighted by atomic mass is 10.0. The topological polar surface area (TPSA) is 96.2 Å². The van der Waals surface area contributed by atoms with Gasteiger partial charge in [-0.15, -0.1) is 0 Å². The van der Waals surface area contributed by atoms with E-state index in [1.54, 1.807) is 0 Å². The number of hydrogen-bond donors (Lipinski definition) is 3. The number of ether oxygens (including phenoxy) is 2. The van der Waals surface area contributed by atoms with Crippen LogP contribution in [-0.2, 0) is 14.3 Å². The van der Waals surface area contributed by atoms with Gasteiger partial charge >= 0.3 is 5.97 Å². The van der Waals surface area contributed by atoms with Gasteiger partial charge in [0.15, 0.2) is 6.29 Å². The summed E-state index contributed by atoms with van der Waals surface area (Å²) in [6, 6.07) is 0. The van der Waals surface area contributed by atoms with Crippen molar-refractivity contribution in [3.63, 3.8) is 0 Å². The number of rotatable bonds is 2. The van der Waals surface area contributed by atoms with Gasteiger partial charge in [-0.25, -0.2) is 0 Å². The molecule has 1 fully saturated rings. The van der Waals surface area contributed by atoms with Crippen LogP contribution in [0.4, 0.5) is 0 Å². The van der Waals surface area contributed by atoms with Gasteiger partial charge in [0.25, 0.3) is 0 Å². The van der Waals surface area contributed by atoms with Crippen molar-refractivity contribution < 1.29 is 29.6 Å². The van der Waals surface area contributed by atoms with Crippen molar-refractivity contribution in [3.05, 3.63) is 0 Å². The number of carbonyl (C=O) groups excluding carboxylic acids is 1. The molecule has 0 spiro atoms. The third-order valence-electron chi connectivity index (χ3n) is 2.00. The molecule has 1 saturated heterocycles. The van der Waals surface area contributed by atoms with Gasteiger partial charge in [0, 0.05) is 13.3 Å². The largest absolute Gasteiger partial charge is 0.463 e. The first kappa shape index (κ1) is 11.4. The average Bonchev–Trinajstić information content (AvgIpc) is 2.10. The van der Waals surface area contributed by atoms with Crippen molar-refractivity contribution >= 4 is 5.97 Å². The van der Waals surface area contributed by atoms with Crippen LogP contribution in [0.3, 0.4) is 0 Å². The van der Waals surface area contributed by atoms with Crippen LogP contribution in [0.15, 0.2) is 0 Å². The average molecular weight is 206 g/mol. The Morgan fingerprint density at radius 2 is 2.14 bits per heavy atom. The van der Waals surface area contributed by atoms with E-state index >= 15 is 0 Å². The normalized spacial score (nSPS) is 38.0. The molecule has 0 bridgehead atoms. The molecule has 6 nitrogen and oxygen atoms in total. The van der Waals surface area contributed by atoms with Crippen LogP contribution in [0.1, 0.15) is 13.3 Å². The molecule has 0 radical (unpaired) electrons. The van der Waals surface area contributed by atoms with Gasteiger partial charge in [-0.05, 0) is 0 Å². The Balaban J connectivity index is 2.38. The van der Waals surface area contributed by atoms with E-state index in [9.17, 15) is 9.90 Å². The lowest BCUT2D eigenvalue weighted by molar-refractivity contribution is -0.253. The highest BCUT2D eigenvalue weighted by molar-refractivity contribution is 5.65. The van der Waals surface area contributed by atoms with E-state index in [0.29, 0.717) is 0 Å². The van der Waals surface area contributed by atoms with Gasteiger partial charge in [0.1, 0.15) is 12.7 Å². The molecule has 82 valence electrons. The van der Waals surface area contributed by atoms with Crippen LogP contribution in [0.2, 0.25) is 0 Å². The van der Waals surface area contributed by atoms with Gasteiger partial charge in [0.2, 0.25) is 0 Å². The van der Waals surface area contributed by atoms with Crippen molar-refractivity contribution in [3.8, 4) is 0 Å². The summed E-state index contributed by atoms with van der Waals surface area (Å²) in [7, 11) is 0. The second kappa shape index (κ2) is 4.70. The summed E-state index contributed by atoms with van der Waals surface area (Å²) in [5.41, 5.74) is 0. The summed E-state index contributed by atoms with van der Waals surface area (Å²) in [5.74, 6) is -0.455. The highest BCUT2D eigenvalue weighted by Crippen LogP contribution is 2.18. The van der Waals surface area contributed by atoms with Gasteiger partial charge < -0.3 is 24.8 Å². The third-order valence-corrected chi connectivity index (χ3v) is 2.00. The molecule has 0 amide bonds. The molecular weight excluding hydrogens is 192 g/mol. The Kier molecular flexibility index (Phi) is 3.82. The highest BCUT2D eigenvalue weighted by Gasteiger charge is 2.35.